The SMILES string of the molecule is CN(C)c1ccc(C2(O)C(c3cccc(Br)c3)SC3=NCCCCN32)cc1.CS(=O)(=O)O. The number of anilines is 1. The lowest BCUT2D eigenvalue weighted by Crippen LogP contribution is -2.46. The lowest BCUT2D eigenvalue weighted by molar-refractivity contribution is -0.0712. The van der Waals surface area contributed by atoms with Crippen LogP contribution in [0.4, 0.5) is 5.69 Å². The molecule has 4 rings (SSSR count). The van der Waals surface area contributed by atoms with Crippen LogP contribution in [0.1, 0.15) is 29.2 Å². The van der Waals surface area contributed by atoms with Gasteiger partial charge in [-0.15, -0.1) is 0 Å². The van der Waals surface area contributed by atoms with Crippen molar-refractivity contribution in [2.75, 3.05) is 38.3 Å². The van der Waals surface area contributed by atoms with Crippen LogP contribution in [0, 0.1) is 0 Å². The molecule has 2 unspecified atom stereocenters. The Morgan fingerprint density at radius 1 is 1.19 bits per heavy atom. The number of aliphatic imine (C=N–C) groups is 1. The van der Waals surface area contributed by atoms with Crippen LogP contribution in [0.15, 0.2) is 58.0 Å². The molecule has 32 heavy (non-hydrogen) atoms. The zero-order chi connectivity index (χ0) is 23.5. The largest absolute Gasteiger partial charge is 0.378 e. The van der Waals surface area contributed by atoms with Crippen molar-refractivity contribution in [3.8, 4) is 0 Å². The summed E-state index contributed by atoms with van der Waals surface area (Å²) in [5.41, 5.74) is 2.03. The molecule has 0 amide bonds. The molecular weight excluding hydrogens is 514 g/mol. The Bertz CT molecular complexity index is 1070. The van der Waals surface area contributed by atoms with E-state index >= 15 is 0 Å². The number of rotatable bonds is 3. The van der Waals surface area contributed by atoms with E-state index in [0.717, 1.165) is 52.4 Å². The monoisotopic (exact) mass is 541 g/mol. The zero-order valence-electron chi connectivity index (χ0n) is 18.3. The van der Waals surface area contributed by atoms with Crippen LogP contribution in [-0.2, 0) is 15.8 Å². The van der Waals surface area contributed by atoms with Gasteiger partial charge in [0.15, 0.2) is 10.9 Å². The summed E-state index contributed by atoms with van der Waals surface area (Å²) in [6, 6.07) is 16.5. The molecule has 2 aliphatic heterocycles. The normalized spacial score (nSPS) is 22.9. The molecule has 7 nitrogen and oxygen atoms in total. The third-order valence-electron chi connectivity index (χ3n) is 5.23. The molecule has 174 valence electrons. The molecule has 0 spiro atoms. The van der Waals surface area contributed by atoms with Gasteiger partial charge in [0.2, 0.25) is 0 Å². The third kappa shape index (κ3) is 5.85. The third-order valence-corrected chi connectivity index (χ3v) is 7.12. The second-order valence-corrected chi connectivity index (χ2v) is 11.4. The van der Waals surface area contributed by atoms with Crippen LogP contribution >= 0.6 is 27.7 Å². The summed E-state index contributed by atoms with van der Waals surface area (Å²) in [4.78, 5) is 8.96. The average molecular weight is 543 g/mol. The molecule has 1 fully saturated rings. The van der Waals surface area contributed by atoms with E-state index in [9.17, 15) is 13.5 Å². The summed E-state index contributed by atoms with van der Waals surface area (Å²) in [7, 11) is 0.387. The predicted molar refractivity (Wildman–Crippen MR) is 135 cm³/mol. The fraction of sp³-hybridized carbons (Fsp3) is 0.409. The first-order valence-electron chi connectivity index (χ1n) is 10.2. The van der Waals surface area contributed by atoms with Gasteiger partial charge >= 0.3 is 0 Å². The minimum atomic E-state index is -3.67. The molecule has 2 aromatic rings. The van der Waals surface area contributed by atoms with Crippen molar-refractivity contribution in [3.63, 3.8) is 0 Å². The standard InChI is InChI=1S/C21H24BrN3OS.CH4O3S/c1-24(2)18-10-8-16(9-11-18)21(26)19(15-6-5-7-17(22)14-15)27-20-23-12-3-4-13-25(20)21;1-5(2,3)4/h5-11,14,19,26H,3-4,12-13H2,1-2H3;1H3,(H,2,3,4). The Morgan fingerprint density at radius 2 is 1.84 bits per heavy atom. The number of hydrogen-bond donors (Lipinski definition) is 2. The maximum absolute atomic E-state index is 12.1. The van der Waals surface area contributed by atoms with Crippen molar-refractivity contribution in [1.82, 2.24) is 4.90 Å². The van der Waals surface area contributed by atoms with Crippen molar-refractivity contribution < 1.29 is 18.1 Å². The quantitative estimate of drug-likeness (QED) is 0.564. The predicted octanol–water partition coefficient (Wildman–Crippen LogP) is 4.10. The Hall–Kier alpha value is -1.59. The number of nitrogens with zero attached hydrogens (tertiary/aromatic N) is 3. The first-order chi connectivity index (χ1) is 15.0. The van der Waals surface area contributed by atoms with E-state index in [4.69, 9.17) is 9.55 Å². The second kappa shape index (κ2) is 10.1. The molecule has 2 N–H and O–H groups in total. The van der Waals surface area contributed by atoms with Gasteiger partial charge in [-0.3, -0.25) is 9.55 Å². The Kier molecular flexibility index (Phi) is 7.93. The van der Waals surface area contributed by atoms with Gasteiger partial charge in [0.05, 0.1) is 11.5 Å². The molecule has 0 aromatic heterocycles. The fourth-order valence-electron chi connectivity index (χ4n) is 3.77. The lowest BCUT2D eigenvalue weighted by Gasteiger charge is -2.38. The minimum absolute atomic E-state index is 0.128. The summed E-state index contributed by atoms with van der Waals surface area (Å²) >= 11 is 5.25. The molecule has 0 radical (unpaired) electrons. The van der Waals surface area contributed by atoms with Crippen molar-refractivity contribution in [2.45, 2.75) is 23.8 Å². The summed E-state index contributed by atoms with van der Waals surface area (Å²) in [6.45, 7) is 1.65. The maximum Gasteiger partial charge on any atom is 0.261 e. The number of thioether (sulfide) groups is 1. The van der Waals surface area contributed by atoms with Crippen LogP contribution in [0.5, 0.6) is 0 Å². The highest BCUT2D eigenvalue weighted by molar-refractivity contribution is 9.10. The van der Waals surface area contributed by atoms with E-state index in [2.05, 4.69) is 62.1 Å². The highest BCUT2D eigenvalue weighted by Crippen LogP contribution is 2.55. The fourth-order valence-corrected chi connectivity index (χ4v) is 5.63. The zero-order valence-corrected chi connectivity index (χ0v) is 21.5. The lowest BCUT2D eigenvalue weighted by atomic mass is 9.92. The number of aliphatic hydroxyl groups is 1. The Labute approximate surface area is 202 Å². The van der Waals surface area contributed by atoms with Crippen LogP contribution in [-0.4, -0.2) is 61.6 Å². The van der Waals surface area contributed by atoms with Crippen molar-refractivity contribution in [2.24, 2.45) is 4.99 Å². The maximum atomic E-state index is 12.1. The van der Waals surface area contributed by atoms with Crippen LogP contribution in [0.2, 0.25) is 0 Å². The smallest absolute Gasteiger partial charge is 0.261 e. The molecule has 1 saturated heterocycles. The average Bonchev–Trinajstić information content (AvgIpc) is 2.85. The first-order valence-corrected chi connectivity index (χ1v) is 13.7. The Morgan fingerprint density at radius 3 is 2.44 bits per heavy atom. The summed E-state index contributed by atoms with van der Waals surface area (Å²) in [5, 5.41) is 12.9. The highest BCUT2D eigenvalue weighted by atomic mass is 79.9. The number of amidine groups is 1. The molecule has 2 aromatic carbocycles. The molecule has 0 aliphatic carbocycles. The van der Waals surface area contributed by atoms with E-state index in [0.29, 0.717) is 6.26 Å². The van der Waals surface area contributed by atoms with Gasteiger partial charge in [-0.2, -0.15) is 8.42 Å². The van der Waals surface area contributed by atoms with E-state index in [1.54, 1.807) is 11.8 Å². The molecule has 2 aliphatic rings. The first kappa shape index (κ1) is 25.0. The molecule has 10 heteroatoms. The van der Waals surface area contributed by atoms with E-state index < -0.39 is 15.8 Å². The minimum Gasteiger partial charge on any atom is -0.378 e. The topological polar surface area (TPSA) is 93.4 Å². The molecule has 2 heterocycles. The van der Waals surface area contributed by atoms with Crippen LogP contribution in [0.25, 0.3) is 0 Å². The van der Waals surface area contributed by atoms with Gasteiger partial charge in [-0.25, -0.2) is 0 Å². The van der Waals surface area contributed by atoms with Crippen molar-refractivity contribution in [1.29, 1.82) is 0 Å². The van der Waals surface area contributed by atoms with E-state index in [1.807, 2.05) is 26.2 Å². The highest BCUT2D eigenvalue weighted by Gasteiger charge is 2.53. The molecular formula is C22H28BrN3O4S2. The summed E-state index contributed by atoms with van der Waals surface area (Å²) < 4.78 is 26.9. The number of hydrogen-bond acceptors (Lipinski definition) is 7. The van der Waals surface area contributed by atoms with E-state index in [-0.39, 0.29) is 5.25 Å². The summed E-state index contributed by atoms with van der Waals surface area (Å²) in [6.07, 6.45) is 2.82. The summed E-state index contributed by atoms with van der Waals surface area (Å²) in [5.74, 6) is 0. The number of benzene rings is 2. The Balaban J connectivity index is 0.000000523. The second-order valence-electron chi connectivity index (χ2n) is 7.98. The van der Waals surface area contributed by atoms with Crippen molar-refractivity contribution in [3.05, 3.63) is 64.1 Å². The van der Waals surface area contributed by atoms with E-state index in [1.165, 1.54) is 0 Å². The van der Waals surface area contributed by atoms with Crippen LogP contribution < -0.4 is 4.90 Å². The van der Waals surface area contributed by atoms with Gasteiger partial charge in [0.25, 0.3) is 10.1 Å². The van der Waals surface area contributed by atoms with Gasteiger partial charge < -0.3 is 14.9 Å². The van der Waals surface area contributed by atoms with Crippen LogP contribution in [0.3, 0.4) is 0 Å². The van der Waals surface area contributed by atoms with Gasteiger partial charge in [0, 0.05) is 42.9 Å². The van der Waals surface area contributed by atoms with Gasteiger partial charge in [-0.05, 0) is 42.7 Å². The van der Waals surface area contributed by atoms with Crippen molar-refractivity contribution >= 4 is 48.7 Å². The molecule has 0 saturated carbocycles. The number of fused-ring (bicyclic) bond motifs is 1. The van der Waals surface area contributed by atoms with Gasteiger partial charge in [0.1, 0.15) is 0 Å². The molecule has 2 atom stereocenters. The number of halogens is 1. The molecule has 0 bridgehead atoms. The van der Waals surface area contributed by atoms with Gasteiger partial charge in [-0.1, -0.05) is 52.0 Å².